The lowest BCUT2D eigenvalue weighted by molar-refractivity contribution is -0.117. The molecule has 0 atom stereocenters. The standard InChI is InChI=1S/C10H16ClN3O2/c1-14(5-6-15)8-9(7-12)10(16)13-4-2-3-11/h8,15H,2-6H2,1H3,(H,13,16)/b9-8-. The number of aliphatic hydroxyl groups excluding tert-OH is 1. The maximum atomic E-state index is 11.5. The fourth-order valence-corrected chi connectivity index (χ4v) is 1.08. The number of nitrogens with one attached hydrogen (secondary N) is 1. The van der Waals surface area contributed by atoms with Crippen molar-refractivity contribution >= 4 is 17.5 Å². The van der Waals surface area contributed by atoms with Gasteiger partial charge in [-0.3, -0.25) is 4.79 Å². The van der Waals surface area contributed by atoms with E-state index in [0.29, 0.717) is 25.4 Å². The SMILES string of the molecule is CN(/C=C(/C#N)C(=O)NCCCCl)CCO. The molecule has 0 saturated carbocycles. The fourth-order valence-electron chi connectivity index (χ4n) is 0.945. The highest BCUT2D eigenvalue weighted by molar-refractivity contribution is 6.17. The number of alkyl halides is 1. The van der Waals surface area contributed by atoms with Crippen LogP contribution in [-0.2, 0) is 4.79 Å². The van der Waals surface area contributed by atoms with Gasteiger partial charge in [0.1, 0.15) is 11.6 Å². The predicted octanol–water partition coefficient (Wildman–Crippen LogP) is 0.0631. The molecule has 0 saturated heterocycles. The van der Waals surface area contributed by atoms with Crippen LogP contribution in [-0.4, -0.2) is 48.5 Å². The number of carbonyl (C=O) groups excluding carboxylic acids is 1. The van der Waals surface area contributed by atoms with Gasteiger partial charge in [0.15, 0.2) is 0 Å². The summed E-state index contributed by atoms with van der Waals surface area (Å²) in [6.45, 7) is 0.796. The third kappa shape index (κ3) is 6.27. The zero-order valence-corrected chi connectivity index (χ0v) is 10.00. The van der Waals surface area contributed by atoms with Gasteiger partial charge in [-0.2, -0.15) is 5.26 Å². The zero-order valence-electron chi connectivity index (χ0n) is 9.24. The number of aliphatic hydroxyl groups is 1. The van der Waals surface area contributed by atoms with Crippen molar-refractivity contribution in [1.29, 1.82) is 5.26 Å². The molecule has 0 spiro atoms. The van der Waals surface area contributed by atoms with Crippen molar-refractivity contribution in [1.82, 2.24) is 10.2 Å². The molecule has 0 aromatic carbocycles. The van der Waals surface area contributed by atoms with Crippen LogP contribution < -0.4 is 5.32 Å². The van der Waals surface area contributed by atoms with Crippen LogP contribution in [0.2, 0.25) is 0 Å². The molecule has 0 aliphatic heterocycles. The molecule has 0 radical (unpaired) electrons. The first-order valence-corrected chi connectivity index (χ1v) is 5.46. The Bertz CT molecular complexity index is 286. The quantitative estimate of drug-likeness (QED) is 0.288. The van der Waals surface area contributed by atoms with Crippen LogP contribution in [0.4, 0.5) is 0 Å². The molecule has 0 aromatic heterocycles. The Balaban J connectivity index is 4.26. The summed E-state index contributed by atoms with van der Waals surface area (Å²) in [4.78, 5) is 13.0. The second kappa shape index (κ2) is 9.01. The summed E-state index contributed by atoms with van der Waals surface area (Å²) in [5.74, 6) is 0.0495. The highest BCUT2D eigenvalue weighted by Gasteiger charge is 2.08. The van der Waals surface area contributed by atoms with E-state index in [9.17, 15) is 4.79 Å². The summed E-state index contributed by atoms with van der Waals surface area (Å²) in [6, 6.07) is 1.81. The monoisotopic (exact) mass is 245 g/mol. The molecular weight excluding hydrogens is 230 g/mol. The lowest BCUT2D eigenvalue weighted by Gasteiger charge is -2.12. The molecule has 90 valence electrons. The van der Waals surface area contributed by atoms with Gasteiger partial charge < -0.3 is 15.3 Å². The van der Waals surface area contributed by atoms with Gasteiger partial charge >= 0.3 is 0 Å². The van der Waals surface area contributed by atoms with Crippen LogP contribution in [0.5, 0.6) is 0 Å². The highest BCUT2D eigenvalue weighted by Crippen LogP contribution is 1.96. The summed E-state index contributed by atoms with van der Waals surface area (Å²) < 4.78 is 0. The summed E-state index contributed by atoms with van der Waals surface area (Å²) >= 11 is 5.46. The molecule has 0 aliphatic rings. The Morgan fingerprint density at radius 2 is 2.38 bits per heavy atom. The third-order valence-corrected chi connectivity index (χ3v) is 2.03. The lowest BCUT2D eigenvalue weighted by Crippen LogP contribution is -2.27. The Kier molecular flexibility index (Phi) is 8.31. The maximum Gasteiger partial charge on any atom is 0.263 e. The molecule has 0 fully saturated rings. The van der Waals surface area contributed by atoms with E-state index in [4.69, 9.17) is 22.0 Å². The molecule has 0 heterocycles. The zero-order chi connectivity index (χ0) is 12.4. The molecule has 0 bridgehead atoms. The van der Waals surface area contributed by atoms with Gasteiger partial charge in [0, 0.05) is 32.2 Å². The minimum absolute atomic E-state index is 0.0190. The number of amides is 1. The number of hydrogen-bond donors (Lipinski definition) is 2. The van der Waals surface area contributed by atoms with E-state index in [-0.39, 0.29) is 12.2 Å². The number of rotatable bonds is 7. The maximum absolute atomic E-state index is 11.5. The van der Waals surface area contributed by atoms with E-state index in [1.807, 2.05) is 6.07 Å². The summed E-state index contributed by atoms with van der Waals surface area (Å²) in [5, 5.41) is 20.0. The number of hydrogen-bond acceptors (Lipinski definition) is 4. The number of nitriles is 1. The first-order chi connectivity index (χ1) is 7.65. The van der Waals surface area contributed by atoms with Crippen molar-refractivity contribution in [2.45, 2.75) is 6.42 Å². The second-order valence-corrected chi connectivity index (χ2v) is 3.54. The Morgan fingerprint density at radius 3 is 2.88 bits per heavy atom. The first kappa shape index (κ1) is 14.8. The van der Waals surface area contributed by atoms with Crippen LogP contribution in [0.15, 0.2) is 11.8 Å². The summed E-state index contributed by atoms with van der Waals surface area (Å²) in [7, 11) is 1.68. The summed E-state index contributed by atoms with van der Waals surface area (Å²) in [5.41, 5.74) is 0.0190. The van der Waals surface area contributed by atoms with Crippen molar-refractivity contribution in [3.63, 3.8) is 0 Å². The Morgan fingerprint density at radius 1 is 1.69 bits per heavy atom. The van der Waals surface area contributed by atoms with Crippen LogP contribution in [0.25, 0.3) is 0 Å². The molecular formula is C10H16ClN3O2. The molecule has 0 aliphatic carbocycles. The van der Waals surface area contributed by atoms with Gasteiger partial charge in [-0.05, 0) is 6.42 Å². The van der Waals surface area contributed by atoms with E-state index >= 15 is 0 Å². The Labute approximate surface area is 100 Å². The van der Waals surface area contributed by atoms with Crippen molar-refractivity contribution in [2.75, 3.05) is 32.6 Å². The molecule has 16 heavy (non-hydrogen) atoms. The van der Waals surface area contributed by atoms with Crippen molar-refractivity contribution < 1.29 is 9.90 Å². The van der Waals surface area contributed by atoms with E-state index < -0.39 is 5.91 Å². The number of nitrogens with zero attached hydrogens (tertiary/aromatic N) is 2. The van der Waals surface area contributed by atoms with Crippen molar-refractivity contribution in [2.24, 2.45) is 0 Å². The van der Waals surface area contributed by atoms with Crippen LogP contribution in [0, 0.1) is 11.3 Å². The molecule has 0 unspecified atom stereocenters. The first-order valence-electron chi connectivity index (χ1n) is 4.93. The number of carbonyl (C=O) groups is 1. The van der Waals surface area contributed by atoms with E-state index in [1.165, 1.54) is 6.20 Å². The van der Waals surface area contributed by atoms with Crippen molar-refractivity contribution in [3.05, 3.63) is 11.8 Å². The van der Waals surface area contributed by atoms with Gasteiger partial charge in [0.05, 0.1) is 6.61 Å². The van der Waals surface area contributed by atoms with Gasteiger partial charge in [-0.1, -0.05) is 0 Å². The fraction of sp³-hybridized carbons (Fsp3) is 0.600. The molecule has 1 amide bonds. The van der Waals surface area contributed by atoms with Gasteiger partial charge in [0.2, 0.25) is 0 Å². The smallest absolute Gasteiger partial charge is 0.263 e. The predicted molar refractivity (Wildman–Crippen MR) is 61.8 cm³/mol. The third-order valence-electron chi connectivity index (χ3n) is 1.76. The minimum Gasteiger partial charge on any atom is -0.395 e. The molecule has 2 N–H and O–H groups in total. The van der Waals surface area contributed by atoms with E-state index in [1.54, 1.807) is 11.9 Å². The normalized spacial score (nSPS) is 10.8. The molecule has 0 aromatic rings. The summed E-state index contributed by atoms with van der Waals surface area (Å²) in [6.07, 6.45) is 2.07. The Hall–Kier alpha value is -1.25. The number of likely N-dealkylation sites (N-methyl/N-ethyl adjacent to an activating group) is 1. The van der Waals surface area contributed by atoms with Crippen LogP contribution in [0.3, 0.4) is 0 Å². The van der Waals surface area contributed by atoms with Gasteiger partial charge in [-0.15, -0.1) is 11.6 Å². The van der Waals surface area contributed by atoms with Gasteiger partial charge in [-0.25, -0.2) is 0 Å². The molecule has 5 nitrogen and oxygen atoms in total. The average molecular weight is 246 g/mol. The minimum atomic E-state index is -0.419. The largest absolute Gasteiger partial charge is 0.395 e. The van der Waals surface area contributed by atoms with E-state index in [2.05, 4.69) is 5.32 Å². The molecule has 6 heteroatoms. The highest BCUT2D eigenvalue weighted by atomic mass is 35.5. The van der Waals surface area contributed by atoms with Crippen molar-refractivity contribution in [3.8, 4) is 6.07 Å². The average Bonchev–Trinajstić information content (AvgIpc) is 2.26. The van der Waals surface area contributed by atoms with Gasteiger partial charge in [0.25, 0.3) is 5.91 Å². The van der Waals surface area contributed by atoms with Crippen LogP contribution in [0.1, 0.15) is 6.42 Å². The van der Waals surface area contributed by atoms with Crippen LogP contribution >= 0.6 is 11.6 Å². The number of halogens is 1. The van der Waals surface area contributed by atoms with E-state index in [0.717, 1.165) is 0 Å². The lowest BCUT2D eigenvalue weighted by atomic mass is 10.3. The molecule has 0 rings (SSSR count). The second-order valence-electron chi connectivity index (χ2n) is 3.16. The topological polar surface area (TPSA) is 76.4 Å².